The summed E-state index contributed by atoms with van der Waals surface area (Å²) in [6, 6.07) is 3.56. The summed E-state index contributed by atoms with van der Waals surface area (Å²) in [5.41, 5.74) is 5.35. The first-order chi connectivity index (χ1) is 9.31. The largest absolute Gasteiger partial charge is 0.326 e. The molecule has 1 fully saturated rings. The Kier molecular flexibility index (Phi) is 4.43. The molecule has 0 aliphatic heterocycles. The molecule has 20 heavy (non-hydrogen) atoms. The number of nitro benzene ring substituents is 1. The number of nitrogens with two attached hydrogens (primary N) is 1. The number of benzene rings is 1. The Morgan fingerprint density at radius 1 is 1.50 bits per heavy atom. The maximum absolute atomic E-state index is 12.1. The lowest BCUT2D eigenvalue weighted by atomic mass is 10.2. The number of nitrogens with one attached hydrogen (secondary N) is 1. The van der Waals surface area contributed by atoms with Crippen molar-refractivity contribution in [3.8, 4) is 0 Å². The van der Waals surface area contributed by atoms with Crippen molar-refractivity contribution in [3.05, 3.63) is 32.8 Å². The Labute approximate surface area is 124 Å². The molecule has 9 heteroatoms. The van der Waals surface area contributed by atoms with Gasteiger partial charge in [0.1, 0.15) is 0 Å². The van der Waals surface area contributed by atoms with Gasteiger partial charge < -0.3 is 5.73 Å². The molecule has 7 nitrogen and oxygen atoms in total. The van der Waals surface area contributed by atoms with Gasteiger partial charge in [-0.1, -0.05) is 15.9 Å². The van der Waals surface area contributed by atoms with Crippen molar-refractivity contribution >= 4 is 31.6 Å². The summed E-state index contributed by atoms with van der Waals surface area (Å²) in [6.07, 6.45) is 2.00. The SMILES string of the molecule is NC(CNS(=O)(=O)c1ccc(Br)cc1[N+](=O)[O-])C1CC1. The van der Waals surface area contributed by atoms with Crippen molar-refractivity contribution in [1.29, 1.82) is 0 Å². The molecule has 1 aromatic carbocycles. The van der Waals surface area contributed by atoms with Gasteiger partial charge >= 0.3 is 0 Å². The molecule has 1 unspecified atom stereocenters. The standard InChI is InChI=1S/C11H14BrN3O4S/c12-8-3-4-11(10(5-8)15(16)17)20(18,19)14-6-9(13)7-1-2-7/h3-5,7,9,14H,1-2,6,13H2. The van der Waals surface area contributed by atoms with Gasteiger partial charge in [0.2, 0.25) is 10.0 Å². The highest BCUT2D eigenvalue weighted by molar-refractivity contribution is 9.10. The van der Waals surface area contributed by atoms with Crippen LogP contribution >= 0.6 is 15.9 Å². The normalized spacial score (nSPS) is 16.9. The van der Waals surface area contributed by atoms with Crippen LogP contribution in [0.25, 0.3) is 0 Å². The number of hydrogen-bond acceptors (Lipinski definition) is 5. The van der Waals surface area contributed by atoms with Crippen LogP contribution in [0.15, 0.2) is 27.6 Å². The highest BCUT2D eigenvalue weighted by Crippen LogP contribution is 2.31. The van der Waals surface area contributed by atoms with E-state index in [0.29, 0.717) is 10.4 Å². The zero-order chi connectivity index (χ0) is 14.9. The summed E-state index contributed by atoms with van der Waals surface area (Å²) < 4.78 is 27.0. The number of sulfonamides is 1. The summed E-state index contributed by atoms with van der Waals surface area (Å²) in [5, 5.41) is 10.9. The Balaban J connectivity index is 2.22. The van der Waals surface area contributed by atoms with Crippen LogP contribution in [0.1, 0.15) is 12.8 Å². The predicted octanol–water partition coefficient (Wildman–Crippen LogP) is 1.37. The molecule has 0 saturated heterocycles. The molecule has 1 atom stereocenters. The fraction of sp³-hybridized carbons (Fsp3) is 0.455. The third-order valence-corrected chi connectivity index (χ3v) is 5.11. The van der Waals surface area contributed by atoms with E-state index in [4.69, 9.17) is 5.73 Å². The molecule has 0 spiro atoms. The van der Waals surface area contributed by atoms with Crippen molar-refractivity contribution in [2.45, 2.75) is 23.8 Å². The molecule has 3 N–H and O–H groups in total. The molecule has 1 saturated carbocycles. The highest BCUT2D eigenvalue weighted by Gasteiger charge is 2.31. The number of nitrogens with zero attached hydrogens (tertiary/aromatic N) is 1. The minimum Gasteiger partial charge on any atom is -0.326 e. The molecule has 110 valence electrons. The second kappa shape index (κ2) is 5.76. The van der Waals surface area contributed by atoms with Crippen LogP contribution < -0.4 is 10.5 Å². The van der Waals surface area contributed by atoms with Gasteiger partial charge in [-0.3, -0.25) is 10.1 Å². The molecular formula is C11H14BrN3O4S. The number of hydrogen-bond donors (Lipinski definition) is 2. The molecule has 1 aromatic rings. The average Bonchev–Trinajstić information content (AvgIpc) is 3.19. The number of halogens is 1. The summed E-state index contributed by atoms with van der Waals surface area (Å²) in [5.74, 6) is 0.345. The highest BCUT2D eigenvalue weighted by atomic mass is 79.9. The third-order valence-electron chi connectivity index (χ3n) is 3.14. The summed E-state index contributed by atoms with van der Waals surface area (Å²) >= 11 is 3.08. The molecule has 0 bridgehead atoms. The van der Waals surface area contributed by atoms with Gasteiger partial charge in [0.25, 0.3) is 5.69 Å². The maximum atomic E-state index is 12.1. The van der Waals surface area contributed by atoms with E-state index < -0.39 is 20.6 Å². The van der Waals surface area contributed by atoms with Gasteiger partial charge in [-0.05, 0) is 30.9 Å². The van der Waals surface area contributed by atoms with Gasteiger partial charge in [0, 0.05) is 23.1 Å². The van der Waals surface area contributed by atoms with Crippen molar-refractivity contribution in [1.82, 2.24) is 4.72 Å². The quantitative estimate of drug-likeness (QED) is 0.584. The van der Waals surface area contributed by atoms with Crippen molar-refractivity contribution in [3.63, 3.8) is 0 Å². The summed E-state index contributed by atoms with van der Waals surface area (Å²) in [4.78, 5) is 9.87. The molecular weight excluding hydrogens is 350 g/mol. The zero-order valence-corrected chi connectivity index (χ0v) is 12.9. The van der Waals surface area contributed by atoms with E-state index in [1.165, 1.54) is 12.1 Å². The fourth-order valence-electron chi connectivity index (χ4n) is 1.84. The van der Waals surface area contributed by atoms with Crippen molar-refractivity contribution in [2.24, 2.45) is 11.7 Å². The number of nitro groups is 1. The third kappa shape index (κ3) is 3.54. The lowest BCUT2D eigenvalue weighted by Gasteiger charge is -2.12. The van der Waals surface area contributed by atoms with Crippen molar-refractivity contribution < 1.29 is 13.3 Å². The van der Waals surface area contributed by atoms with Crippen molar-refractivity contribution in [2.75, 3.05) is 6.54 Å². The lowest BCUT2D eigenvalue weighted by molar-refractivity contribution is -0.387. The van der Waals surface area contributed by atoms with Crippen LogP contribution in [-0.2, 0) is 10.0 Å². The minimum atomic E-state index is -3.95. The second-order valence-corrected chi connectivity index (χ2v) is 7.37. The Bertz CT molecular complexity index is 631. The number of rotatable bonds is 6. The van der Waals surface area contributed by atoms with Crippen LogP contribution in [-0.4, -0.2) is 25.9 Å². The van der Waals surface area contributed by atoms with Crippen LogP contribution in [0.4, 0.5) is 5.69 Å². The Morgan fingerprint density at radius 3 is 2.70 bits per heavy atom. The smallest absolute Gasteiger partial charge is 0.290 e. The van der Waals surface area contributed by atoms with E-state index in [0.717, 1.165) is 18.9 Å². The Hall–Kier alpha value is -1.03. The van der Waals surface area contributed by atoms with E-state index >= 15 is 0 Å². The first-order valence-corrected chi connectivity index (χ1v) is 8.28. The van der Waals surface area contributed by atoms with Crippen LogP contribution in [0.3, 0.4) is 0 Å². The predicted molar refractivity (Wildman–Crippen MR) is 76.7 cm³/mol. The fourth-order valence-corrected chi connectivity index (χ4v) is 3.41. The van der Waals surface area contributed by atoms with Gasteiger partial charge in [0.05, 0.1) is 4.92 Å². The first kappa shape index (κ1) is 15.4. The monoisotopic (exact) mass is 363 g/mol. The molecule has 0 radical (unpaired) electrons. The average molecular weight is 364 g/mol. The van der Waals surface area contributed by atoms with E-state index in [1.807, 2.05) is 0 Å². The van der Waals surface area contributed by atoms with Crippen LogP contribution in [0.5, 0.6) is 0 Å². The molecule has 0 aromatic heterocycles. The molecule has 0 amide bonds. The van der Waals surface area contributed by atoms with Gasteiger partial charge in [-0.2, -0.15) is 0 Å². The van der Waals surface area contributed by atoms with E-state index in [2.05, 4.69) is 20.7 Å². The minimum absolute atomic E-state index is 0.0835. The zero-order valence-electron chi connectivity index (χ0n) is 10.5. The van der Waals surface area contributed by atoms with Gasteiger partial charge in [-0.15, -0.1) is 0 Å². The summed E-state index contributed by atoms with van der Waals surface area (Å²) in [7, 11) is -3.95. The second-order valence-electron chi connectivity index (χ2n) is 4.72. The van der Waals surface area contributed by atoms with E-state index in [9.17, 15) is 18.5 Å². The lowest BCUT2D eigenvalue weighted by Crippen LogP contribution is -2.38. The molecule has 1 aliphatic rings. The summed E-state index contributed by atoms with van der Waals surface area (Å²) in [6.45, 7) is 0.0835. The topological polar surface area (TPSA) is 115 Å². The van der Waals surface area contributed by atoms with E-state index in [-0.39, 0.29) is 17.5 Å². The molecule has 0 heterocycles. The molecule has 1 aliphatic carbocycles. The van der Waals surface area contributed by atoms with Crippen LogP contribution in [0, 0.1) is 16.0 Å². The van der Waals surface area contributed by atoms with Gasteiger partial charge in [0.15, 0.2) is 4.90 Å². The Morgan fingerprint density at radius 2 is 2.15 bits per heavy atom. The van der Waals surface area contributed by atoms with Gasteiger partial charge in [-0.25, -0.2) is 13.1 Å². The molecule has 2 rings (SSSR count). The maximum Gasteiger partial charge on any atom is 0.290 e. The first-order valence-electron chi connectivity index (χ1n) is 6.00. The van der Waals surface area contributed by atoms with Crippen LogP contribution in [0.2, 0.25) is 0 Å². The van der Waals surface area contributed by atoms with E-state index in [1.54, 1.807) is 0 Å².